The zero-order valence-electron chi connectivity index (χ0n) is 12.9. The fraction of sp³-hybridized carbons (Fsp3) is 0.118. The molecule has 0 heterocycles. The summed E-state index contributed by atoms with van der Waals surface area (Å²) in [6.45, 7) is -0.498. The molecule has 0 unspecified atom stereocenters. The molecule has 0 saturated heterocycles. The van der Waals surface area contributed by atoms with Crippen molar-refractivity contribution in [2.24, 2.45) is 0 Å². The maximum Gasteiger partial charge on any atom is 0.340 e. The number of ether oxygens (including phenoxy) is 1. The summed E-state index contributed by atoms with van der Waals surface area (Å²) in [5.74, 6) is -1.32. The van der Waals surface area contributed by atoms with Crippen LogP contribution < -0.4 is 11.1 Å². The fourth-order valence-electron chi connectivity index (χ4n) is 1.96. The van der Waals surface area contributed by atoms with Crippen LogP contribution >= 0.6 is 23.2 Å². The molecule has 128 valence electrons. The Balaban J connectivity index is 1.93. The number of benzene rings is 2. The molecule has 0 aromatic heterocycles. The lowest BCUT2D eigenvalue weighted by atomic mass is 10.1. The maximum absolute atomic E-state index is 12.0. The summed E-state index contributed by atoms with van der Waals surface area (Å²) in [7, 11) is 0. The highest BCUT2D eigenvalue weighted by molar-refractivity contribution is 6.37. The van der Waals surface area contributed by atoms with Crippen molar-refractivity contribution in [2.45, 2.75) is 6.42 Å². The van der Waals surface area contributed by atoms with Gasteiger partial charge in [0.05, 0.1) is 28.8 Å². The van der Waals surface area contributed by atoms with Gasteiger partial charge in [-0.2, -0.15) is 5.26 Å². The van der Waals surface area contributed by atoms with Gasteiger partial charge in [-0.1, -0.05) is 35.3 Å². The molecule has 0 spiro atoms. The van der Waals surface area contributed by atoms with E-state index in [-0.39, 0.29) is 27.7 Å². The Kier molecular flexibility index (Phi) is 6.23. The first-order valence-electron chi connectivity index (χ1n) is 7.08. The number of carbonyl (C=O) groups is 2. The molecule has 3 N–H and O–H groups in total. The standard InChI is InChI=1S/C17H13Cl2N3O3/c18-11-7-13(16(21)14(19)8-11)17(24)25-9-15(23)22-12-3-1-10(2-4-12)5-6-20/h1-4,7-8H,5,9,21H2,(H,22,23). The van der Waals surface area contributed by atoms with E-state index in [0.717, 1.165) is 5.56 Å². The number of halogens is 2. The third-order valence-electron chi connectivity index (χ3n) is 3.17. The van der Waals surface area contributed by atoms with Crippen LogP contribution in [0.5, 0.6) is 0 Å². The van der Waals surface area contributed by atoms with Crippen molar-refractivity contribution in [3.63, 3.8) is 0 Å². The third-order valence-corrected chi connectivity index (χ3v) is 3.70. The van der Waals surface area contributed by atoms with E-state index in [1.54, 1.807) is 24.3 Å². The van der Waals surface area contributed by atoms with Gasteiger partial charge in [-0.15, -0.1) is 0 Å². The number of nitrogen functional groups attached to an aromatic ring is 1. The zero-order valence-corrected chi connectivity index (χ0v) is 14.4. The minimum atomic E-state index is -0.804. The summed E-state index contributed by atoms with van der Waals surface area (Å²) in [6.07, 6.45) is 0.287. The van der Waals surface area contributed by atoms with Crippen molar-refractivity contribution in [3.05, 3.63) is 57.6 Å². The SMILES string of the molecule is N#CCc1ccc(NC(=O)COC(=O)c2cc(Cl)cc(Cl)c2N)cc1. The number of nitrogens with two attached hydrogens (primary N) is 1. The summed E-state index contributed by atoms with van der Waals surface area (Å²) >= 11 is 11.7. The number of nitrogens with zero attached hydrogens (tertiary/aromatic N) is 1. The van der Waals surface area contributed by atoms with Gasteiger partial charge in [0.25, 0.3) is 5.91 Å². The number of hydrogen-bond acceptors (Lipinski definition) is 5. The summed E-state index contributed by atoms with van der Waals surface area (Å²) in [5.41, 5.74) is 7.08. The van der Waals surface area contributed by atoms with E-state index in [1.165, 1.54) is 12.1 Å². The first-order chi connectivity index (χ1) is 11.9. The van der Waals surface area contributed by atoms with Gasteiger partial charge in [-0.25, -0.2) is 4.79 Å². The lowest BCUT2D eigenvalue weighted by Gasteiger charge is -2.09. The molecular formula is C17H13Cl2N3O3. The second-order valence-electron chi connectivity index (χ2n) is 5.00. The van der Waals surface area contributed by atoms with Gasteiger partial charge in [0, 0.05) is 10.7 Å². The van der Waals surface area contributed by atoms with Gasteiger partial charge in [0.2, 0.25) is 0 Å². The maximum atomic E-state index is 12.0. The molecule has 25 heavy (non-hydrogen) atoms. The zero-order chi connectivity index (χ0) is 18.4. The monoisotopic (exact) mass is 377 g/mol. The number of rotatable bonds is 5. The summed E-state index contributed by atoms with van der Waals surface area (Å²) in [5, 5.41) is 11.5. The molecule has 2 aromatic carbocycles. The van der Waals surface area contributed by atoms with Crippen LogP contribution in [0.3, 0.4) is 0 Å². The Labute approximate surface area is 154 Å². The molecule has 0 saturated carbocycles. The van der Waals surface area contributed by atoms with E-state index in [4.69, 9.17) is 38.9 Å². The van der Waals surface area contributed by atoms with Crippen LogP contribution in [0.25, 0.3) is 0 Å². The minimum Gasteiger partial charge on any atom is -0.452 e. The predicted octanol–water partition coefficient (Wildman–Crippen LogP) is 3.44. The summed E-state index contributed by atoms with van der Waals surface area (Å²) in [4.78, 5) is 23.9. The highest BCUT2D eigenvalue weighted by Gasteiger charge is 2.16. The van der Waals surface area contributed by atoms with Crippen LogP contribution in [0.1, 0.15) is 15.9 Å². The lowest BCUT2D eigenvalue weighted by Crippen LogP contribution is -2.21. The second kappa shape index (κ2) is 8.38. The molecule has 0 fully saturated rings. The highest BCUT2D eigenvalue weighted by Crippen LogP contribution is 2.28. The molecule has 0 atom stereocenters. The Hall–Kier alpha value is -2.75. The Morgan fingerprint density at radius 1 is 1.20 bits per heavy atom. The lowest BCUT2D eigenvalue weighted by molar-refractivity contribution is -0.119. The van der Waals surface area contributed by atoms with Gasteiger partial charge in [-0.05, 0) is 29.8 Å². The largest absolute Gasteiger partial charge is 0.452 e. The Morgan fingerprint density at radius 3 is 2.52 bits per heavy atom. The van der Waals surface area contributed by atoms with Gasteiger partial charge < -0.3 is 15.8 Å². The molecule has 0 bridgehead atoms. The number of nitriles is 1. The molecule has 2 aromatic rings. The van der Waals surface area contributed by atoms with Gasteiger partial charge in [-0.3, -0.25) is 4.79 Å². The van der Waals surface area contributed by atoms with E-state index >= 15 is 0 Å². The molecule has 0 aliphatic carbocycles. The molecule has 6 nitrogen and oxygen atoms in total. The normalized spacial score (nSPS) is 9.96. The van der Waals surface area contributed by atoms with Crippen LogP contribution in [0.15, 0.2) is 36.4 Å². The van der Waals surface area contributed by atoms with Crippen LogP contribution in [0, 0.1) is 11.3 Å². The van der Waals surface area contributed by atoms with Crippen LogP contribution in [0.4, 0.5) is 11.4 Å². The highest BCUT2D eigenvalue weighted by atomic mass is 35.5. The molecule has 2 rings (SSSR count). The number of anilines is 2. The van der Waals surface area contributed by atoms with E-state index in [2.05, 4.69) is 5.32 Å². The number of hydrogen-bond donors (Lipinski definition) is 2. The quantitative estimate of drug-likeness (QED) is 0.613. The van der Waals surface area contributed by atoms with Crippen molar-refractivity contribution in [2.75, 3.05) is 17.7 Å². The molecule has 0 aliphatic heterocycles. The summed E-state index contributed by atoms with van der Waals surface area (Å²) < 4.78 is 4.92. The Morgan fingerprint density at radius 2 is 1.88 bits per heavy atom. The van der Waals surface area contributed by atoms with E-state index < -0.39 is 18.5 Å². The number of esters is 1. The van der Waals surface area contributed by atoms with Crippen molar-refractivity contribution in [1.82, 2.24) is 0 Å². The van der Waals surface area contributed by atoms with Crippen molar-refractivity contribution in [3.8, 4) is 6.07 Å². The number of nitrogens with one attached hydrogen (secondary N) is 1. The molecule has 1 amide bonds. The van der Waals surface area contributed by atoms with Gasteiger partial charge in [0.1, 0.15) is 0 Å². The fourth-order valence-corrected chi connectivity index (χ4v) is 2.45. The number of carbonyl (C=O) groups excluding carboxylic acids is 2. The third kappa shape index (κ3) is 5.11. The van der Waals surface area contributed by atoms with Crippen LogP contribution in [-0.2, 0) is 16.0 Å². The van der Waals surface area contributed by atoms with E-state index in [9.17, 15) is 9.59 Å². The van der Waals surface area contributed by atoms with E-state index in [0.29, 0.717) is 5.69 Å². The molecule has 0 radical (unpaired) electrons. The smallest absolute Gasteiger partial charge is 0.340 e. The van der Waals surface area contributed by atoms with E-state index in [1.807, 2.05) is 6.07 Å². The van der Waals surface area contributed by atoms with Crippen LogP contribution in [-0.4, -0.2) is 18.5 Å². The van der Waals surface area contributed by atoms with Crippen molar-refractivity contribution >= 4 is 46.5 Å². The van der Waals surface area contributed by atoms with Crippen molar-refractivity contribution in [1.29, 1.82) is 5.26 Å². The summed E-state index contributed by atoms with van der Waals surface area (Å²) in [6, 6.07) is 11.5. The molecular weight excluding hydrogens is 365 g/mol. The molecule has 8 heteroatoms. The van der Waals surface area contributed by atoms with Crippen molar-refractivity contribution < 1.29 is 14.3 Å². The predicted molar refractivity (Wildman–Crippen MR) is 95.5 cm³/mol. The van der Waals surface area contributed by atoms with Gasteiger partial charge >= 0.3 is 5.97 Å². The topological polar surface area (TPSA) is 105 Å². The number of amides is 1. The molecule has 0 aliphatic rings. The average molecular weight is 378 g/mol. The minimum absolute atomic E-state index is 0.00819. The Bertz CT molecular complexity index is 845. The van der Waals surface area contributed by atoms with Crippen LogP contribution in [0.2, 0.25) is 10.0 Å². The first kappa shape index (κ1) is 18.6. The van der Waals surface area contributed by atoms with Gasteiger partial charge in [0.15, 0.2) is 6.61 Å². The second-order valence-corrected chi connectivity index (χ2v) is 5.85. The first-order valence-corrected chi connectivity index (χ1v) is 7.83. The average Bonchev–Trinajstić information content (AvgIpc) is 2.58.